The molecular formula is C14H13FN2O. The first-order valence-corrected chi connectivity index (χ1v) is 5.68. The van der Waals surface area contributed by atoms with Gasteiger partial charge in [0.15, 0.2) is 0 Å². The van der Waals surface area contributed by atoms with E-state index in [1.807, 2.05) is 13.8 Å². The van der Waals surface area contributed by atoms with E-state index in [2.05, 4.69) is 11.2 Å². The van der Waals surface area contributed by atoms with Crippen molar-refractivity contribution in [3.05, 3.63) is 52.7 Å². The van der Waals surface area contributed by atoms with Crippen LogP contribution in [0.2, 0.25) is 0 Å². The maximum Gasteiger partial charge on any atom is 0.137 e. The van der Waals surface area contributed by atoms with Crippen molar-refractivity contribution in [2.45, 2.75) is 26.2 Å². The van der Waals surface area contributed by atoms with Crippen molar-refractivity contribution in [3.63, 3.8) is 0 Å². The summed E-state index contributed by atoms with van der Waals surface area (Å²) in [5.41, 5.74) is 2.56. The van der Waals surface area contributed by atoms with Crippen molar-refractivity contribution in [2.24, 2.45) is 0 Å². The molecular weight excluding hydrogens is 231 g/mol. The van der Waals surface area contributed by atoms with Gasteiger partial charge in [-0.15, -0.1) is 0 Å². The highest BCUT2D eigenvalue weighted by molar-refractivity contribution is 5.31. The molecule has 0 radical (unpaired) electrons. The van der Waals surface area contributed by atoms with Crippen LogP contribution in [-0.2, 0) is 6.42 Å². The molecule has 0 aliphatic rings. The largest absolute Gasteiger partial charge is 0.361 e. The standard InChI is InChI=1S/C14H13FN2O/c1-9-14(10(2)18-17-9)7-12(8-16)11-3-5-13(15)6-4-11/h3-6,12H,7H2,1-2H3. The summed E-state index contributed by atoms with van der Waals surface area (Å²) in [5, 5.41) is 13.1. The fraction of sp³-hybridized carbons (Fsp3) is 0.286. The van der Waals surface area contributed by atoms with Gasteiger partial charge >= 0.3 is 0 Å². The highest BCUT2D eigenvalue weighted by atomic mass is 19.1. The molecule has 0 bridgehead atoms. The number of nitriles is 1. The van der Waals surface area contributed by atoms with Crippen molar-refractivity contribution in [2.75, 3.05) is 0 Å². The topological polar surface area (TPSA) is 49.8 Å². The van der Waals surface area contributed by atoms with E-state index in [0.29, 0.717) is 6.42 Å². The van der Waals surface area contributed by atoms with Gasteiger partial charge in [0, 0.05) is 5.56 Å². The van der Waals surface area contributed by atoms with E-state index in [1.165, 1.54) is 12.1 Å². The summed E-state index contributed by atoms with van der Waals surface area (Å²) in [5.74, 6) is 0.116. The van der Waals surface area contributed by atoms with Crippen LogP contribution in [0.4, 0.5) is 4.39 Å². The van der Waals surface area contributed by atoms with E-state index >= 15 is 0 Å². The number of benzene rings is 1. The normalized spacial score (nSPS) is 12.1. The van der Waals surface area contributed by atoms with Gasteiger partial charge in [-0.2, -0.15) is 5.26 Å². The van der Waals surface area contributed by atoms with Gasteiger partial charge in [-0.1, -0.05) is 17.3 Å². The molecule has 1 aromatic heterocycles. The molecule has 0 saturated heterocycles. The van der Waals surface area contributed by atoms with E-state index in [4.69, 9.17) is 4.52 Å². The monoisotopic (exact) mass is 244 g/mol. The number of halogens is 1. The Bertz CT molecular complexity index is 561. The Kier molecular flexibility index (Phi) is 3.42. The SMILES string of the molecule is Cc1noc(C)c1CC(C#N)c1ccc(F)cc1. The number of hydrogen-bond donors (Lipinski definition) is 0. The predicted octanol–water partition coefficient (Wildman–Crippen LogP) is 3.28. The van der Waals surface area contributed by atoms with Gasteiger partial charge in [0.05, 0.1) is 17.7 Å². The molecule has 0 aliphatic heterocycles. The predicted molar refractivity (Wildman–Crippen MR) is 64.4 cm³/mol. The molecule has 2 aromatic rings. The van der Waals surface area contributed by atoms with E-state index in [-0.39, 0.29) is 11.7 Å². The van der Waals surface area contributed by atoms with Crippen LogP contribution in [0.25, 0.3) is 0 Å². The van der Waals surface area contributed by atoms with Crippen molar-refractivity contribution >= 4 is 0 Å². The number of nitrogens with zero attached hydrogens (tertiary/aromatic N) is 2. The smallest absolute Gasteiger partial charge is 0.137 e. The molecule has 1 atom stereocenters. The zero-order valence-corrected chi connectivity index (χ0v) is 10.3. The Morgan fingerprint density at radius 3 is 2.50 bits per heavy atom. The van der Waals surface area contributed by atoms with Crippen LogP contribution >= 0.6 is 0 Å². The van der Waals surface area contributed by atoms with Crippen LogP contribution in [0, 0.1) is 31.0 Å². The zero-order valence-electron chi connectivity index (χ0n) is 10.3. The van der Waals surface area contributed by atoms with Gasteiger partial charge < -0.3 is 4.52 Å². The molecule has 2 rings (SSSR count). The second-order valence-corrected chi connectivity index (χ2v) is 4.24. The van der Waals surface area contributed by atoms with Crippen LogP contribution in [0.1, 0.15) is 28.5 Å². The summed E-state index contributed by atoms with van der Waals surface area (Å²) < 4.78 is 17.9. The Hall–Kier alpha value is -2.15. The Balaban J connectivity index is 2.26. The fourth-order valence-corrected chi connectivity index (χ4v) is 1.93. The van der Waals surface area contributed by atoms with Crippen LogP contribution in [0.5, 0.6) is 0 Å². The van der Waals surface area contributed by atoms with Crippen molar-refractivity contribution in [3.8, 4) is 6.07 Å². The lowest BCUT2D eigenvalue weighted by Crippen LogP contribution is -2.02. The van der Waals surface area contributed by atoms with Crippen LogP contribution in [0.15, 0.2) is 28.8 Å². The first-order valence-electron chi connectivity index (χ1n) is 5.68. The third-order valence-corrected chi connectivity index (χ3v) is 3.02. The number of rotatable bonds is 3. The van der Waals surface area contributed by atoms with Crippen molar-refractivity contribution in [1.82, 2.24) is 5.16 Å². The van der Waals surface area contributed by atoms with Gasteiger partial charge in [0.1, 0.15) is 11.6 Å². The Morgan fingerprint density at radius 2 is 2.00 bits per heavy atom. The number of aryl methyl sites for hydroxylation is 2. The van der Waals surface area contributed by atoms with Crippen LogP contribution < -0.4 is 0 Å². The number of aromatic nitrogens is 1. The second kappa shape index (κ2) is 5.01. The molecule has 1 heterocycles. The molecule has 4 heteroatoms. The average Bonchev–Trinajstić information content (AvgIpc) is 2.68. The maximum atomic E-state index is 12.9. The fourth-order valence-electron chi connectivity index (χ4n) is 1.93. The van der Waals surface area contributed by atoms with Crippen LogP contribution in [-0.4, -0.2) is 5.16 Å². The summed E-state index contributed by atoms with van der Waals surface area (Å²) in [6.45, 7) is 3.68. The zero-order chi connectivity index (χ0) is 13.1. The average molecular weight is 244 g/mol. The van der Waals surface area contributed by atoms with Gasteiger partial charge in [-0.25, -0.2) is 4.39 Å². The first-order chi connectivity index (χ1) is 8.61. The molecule has 18 heavy (non-hydrogen) atoms. The third-order valence-electron chi connectivity index (χ3n) is 3.02. The second-order valence-electron chi connectivity index (χ2n) is 4.24. The van der Waals surface area contributed by atoms with Crippen LogP contribution in [0.3, 0.4) is 0 Å². The third kappa shape index (κ3) is 2.40. The molecule has 0 saturated carbocycles. The molecule has 0 aliphatic carbocycles. The molecule has 0 amide bonds. The minimum absolute atomic E-state index is 0.298. The summed E-state index contributed by atoms with van der Waals surface area (Å²) in [6.07, 6.45) is 0.531. The molecule has 1 aromatic carbocycles. The van der Waals surface area contributed by atoms with E-state index in [9.17, 15) is 9.65 Å². The lowest BCUT2D eigenvalue weighted by Gasteiger charge is -2.08. The quantitative estimate of drug-likeness (QED) is 0.832. The Morgan fingerprint density at radius 1 is 1.33 bits per heavy atom. The molecule has 0 N–H and O–H groups in total. The summed E-state index contributed by atoms with van der Waals surface area (Å²) >= 11 is 0. The van der Waals surface area contributed by atoms with E-state index in [0.717, 1.165) is 22.6 Å². The maximum absolute atomic E-state index is 12.9. The summed E-state index contributed by atoms with van der Waals surface area (Å²) in [6, 6.07) is 8.26. The van der Waals surface area contributed by atoms with Crippen molar-refractivity contribution in [1.29, 1.82) is 5.26 Å². The summed E-state index contributed by atoms with van der Waals surface area (Å²) in [4.78, 5) is 0. The minimum atomic E-state index is -0.317. The van der Waals surface area contributed by atoms with Gasteiger partial charge in [0.25, 0.3) is 0 Å². The summed E-state index contributed by atoms with van der Waals surface area (Å²) in [7, 11) is 0. The highest BCUT2D eigenvalue weighted by Crippen LogP contribution is 2.24. The molecule has 92 valence electrons. The first kappa shape index (κ1) is 12.3. The van der Waals surface area contributed by atoms with Crippen molar-refractivity contribution < 1.29 is 8.91 Å². The van der Waals surface area contributed by atoms with Gasteiger partial charge in [0.2, 0.25) is 0 Å². The molecule has 0 fully saturated rings. The highest BCUT2D eigenvalue weighted by Gasteiger charge is 2.17. The van der Waals surface area contributed by atoms with E-state index < -0.39 is 0 Å². The lowest BCUT2D eigenvalue weighted by atomic mass is 9.92. The number of hydrogen-bond acceptors (Lipinski definition) is 3. The van der Waals surface area contributed by atoms with Gasteiger partial charge in [-0.3, -0.25) is 0 Å². The lowest BCUT2D eigenvalue weighted by molar-refractivity contribution is 0.392. The minimum Gasteiger partial charge on any atom is -0.361 e. The molecule has 1 unspecified atom stereocenters. The van der Waals surface area contributed by atoms with E-state index in [1.54, 1.807) is 12.1 Å². The molecule has 0 spiro atoms. The van der Waals surface area contributed by atoms with Gasteiger partial charge in [-0.05, 0) is 38.0 Å². The molecule has 3 nitrogen and oxygen atoms in total. The Labute approximate surface area is 105 Å².